The molecule has 14 heavy (non-hydrogen) atoms. The molecule has 0 amide bonds. The number of nitrogens with one attached hydrogen (secondary N) is 2. The van der Waals surface area contributed by atoms with E-state index in [1.54, 1.807) is 11.3 Å². The van der Waals surface area contributed by atoms with Crippen LogP contribution in [-0.4, -0.2) is 15.2 Å². The number of aromatic nitrogens is 3. The van der Waals surface area contributed by atoms with E-state index >= 15 is 0 Å². The van der Waals surface area contributed by atoms with Gasteiger partial charge in [0, 0.05) is 16.8 Å². The molecule has 0 bridgehead atoms. The van der Waals surface area contributed by atoms with Crippen molar-refractivity contribution < 1.29 is 0 Å². The van der Waals surface area contributed by atoms with Crippen molar-refractivity contribution >= 4 is 22.9 Å². The Morgan fingerprint density at radius 3 is 3.07 bits per heavy atom. The number of rotatable bonds is 4. The summed E-state index contributed by atoms with van der Waals surface area (Å²) >= 11 is 7.44. The molecule has 2 aromatic heterocycles. The predicted molar refractivity (Wildman–Crippen MR) is 56.3 cm³/mol. The molecule has 2 heterocycles. The minimum atomic E-state index is 0.690. The van der Waals surface area contributed by atoms with Crippen molar-refractivity contribution in [2.24, 2.45) is 0 Å². The van der Waals surface area contributed by atoms with Crippen LogP contribution in [0, 0.1) is 0 Å². The summed E-state index contributed by atoms with van der Waals surface area (Å²) in [6, 6.07) is 1.96. The van der Waals surface area contributed by atoms with Gasteiger partial charge in [-0.1, -0.05) is 11.6 Å². The summed E-state index contributed by atoms with van der Waals surface area (Å²) in [4.78, 5) is 5.22. The quantitative estimate of drug-likeness (QED) is 0.839. The largest absolute Gasteiger partial charge is 0.305 e. The second-order valence-corrected chi connectivity index (χ2v) is 4.20. The molecular weight excluding hydrogens is 220 g/mol. The van der Waals surface area contributed by atoms with Crippen molar-refractivity contribution in [3.63, 3.8) is 0 Å². The zero-order valence-electron chi connectivity index (χ0n) is 7.33. The SMILES string of the molecule is Clc1csc(CNCc2ncn[nH]2)c1. The highest BCUT2D eigenvalue weighted by molar-refractivity contribution is 7.10. The zero-order valence-corrected chi connectivity index (χ0v) is 8.90. The molecular formula is C8H9ClN4S. The highest BCUT2D eigenvalue weighted by atomic mass is 35.5. The van der Waals surface area contributed by atoms with Crippen LogP contribution in [0.25, 0.3) is 0 Å². The topological polar surface area (TPSA) is 53.6 Å². The molecule has 2 rings (SSSR count). The number of H-pyrrole nitrogens is 1. The molecule has 2 N–H and O–H groups in total. The molecule has 0 atom stereocenters. The van der Waals surface area contributed by atoms with Gasteiger partial charge in [0.05, 0.1) is 11.6 Å². The number of hydrogen-bond acceptors (Lipinski definition) is 4. The van der Waals surface area contributed by atoms with Gasteiger partial charge in [-0.15, -0.1) is 11.3 Å². The molecule has 0 radical (unpaired) electrons. The second kappa shape index (κ2) is 4.54. The summed E-state index contributed by atoms with van der Waals surface area (Å²) in [7, 11) is 0. The van der Waals surface area contributed by atoms with Gasteiger partial charge in [-0.05, 0) is 6.07 Å². The molecule has 0 spiro atoms. The van der Waals surface area contributed by atoms with Crippen molar-refractivity contribution in [2.75, 3.05) is 0 Å². The first kappa shape index (κ1) is 9.64. The van der Waals surface area contributed by atoms with Gasteiger partial charge < -0.3 is 5.32 Å². The third kappa shape index (κ3) is 2.54. The molecule has 0 fully saturated rings. The Labute approximate surface area is 90.3 Å². The van der Waals surface area contributed by atoms with Crippen LogP contribution in [-0.2, 0) is 13.1 Å². The summed E-state index contributed by atoms with van der Waals surface area (Å²) in [5.41, 5.74) is 0. The van der Waals surface area contributed by atoms with Gasteiger partial charge in [-0.2, -0.15) is 5.10 Å². The van der Waals surface area contributed by atoms with E-state index in [0.717, 1.165) is 17.4 Å². The van der Waals surface area contributed by atoms with Crippen LogP contribution >= 0.6 is 22.9 Å². The first-order chi connectivity index (χ1) is 6.84. The third-order valence-corrected chi connectivity index (χ3v) is 2.96. The second-order valence-electron chi connectivity index (χ2n) is 2.77. The maximum Gasteiger partial charge on any atom is 0.138 e. The lowest BCUT2D eigenvalue weighted by atomic mass is 10.4. The number of halogens is 1. The normalized spacial score (nSPS) is 10.6. The van der Waals surface area contributed by atoms with E-state index in [-0.39, 0.29) is 0 Å². The van der Waals surface area contributed by atoms with Gasteiger partial charge in [-0.25, -0.2) is 4.98 Å². The molecule has 74 valence electrons. The number of nitrogens with zero attached hydrogens (tertiary/aromatic N) is 2. The first-order valence-corrected chi connectivity index (χ1v) is 5.38. The summed E-state index contributed by atoms with van der Waals surface area (Å²) in [6.07, 6.45) is 1.50. The minimum absolute atomic E-state index is 0.690. The summed E-state index contributed by atoms with van der Waals surface area (Å²) in [6.45, 7) is 1.49. The lowest BCUT2D eigenvalue weighted by Crippen LogP contribution is -2.12. The van der Waals surface area contributed by atoms with E-state index in [0.29, 0.717) is 6.54 Å². The monoisotopic (exact) mass is 228 g/mol. The van der Waals surface area contributed by atoms with E-state index in [1.165, 1.54) is 11.2 Å². The van der Waals surface area contributed by atoms with Crippen LogP contribution in [0.15, 0.2) is 17.8 Å². The molecule has 6 heteroatoms. The standard InChI is InChI=1S/C8H9ClN4S/c9-6-1-7(14-4-6)2-10-3-8-11-5-12-13-8/h1,4-5,10H,2-3H2,(H,11,12,13). The van der Waals surface area contributed by atoms with Crippen molar-refractivity contribution in [3.05, 3.63) is 33.5 Å². The van der Waals surface area contributed by atoms with E-state index in [4.69, 9.17) is 11.6 Å². The van der Waals surface area contributed by atoms with Gasteiger partial charge in [0.2, 0.25) is 0 Å². The van der Waals surface area contributed by atoms with Crippen molar-refractivity contribution in [1.29, 1.82) is 0 Å². The van der Waals surface area contributed by atoms with Crippen molar-refractivity contribution in [1.82, 2.24) is 20.5 Å². The van der Waals surface area contributed by atoms with Gasteiger partial charge in [-0.3, -0.25) is 5.10 Å². The van der Waals surface area contributed by atoms with Crippen molar-refractivity contribution in [2.45, 2.75) is 13.1 Å². The average molecular weight is 229 g/mol. The van der Waals surface area contributed by atoms with Crippen LogP contribution in [0.1, 0.15) is 10.7 Å². The molecule has 0 saturated carbocycles. The fraction of sp³-hybridized carbons (Fsp3) is 0.250. The molecule has 2 aromatic rings. The summed E-state index contributed by atoms with van der Waals surface area (Å²) in [5.74, 6) is 0.840. The van der Waals surface area contributed by atoms with Crippen molar-refractivity contribution in [3.8, 4) is 0 Å². The third-order valence-electron chi connectivity index (χ3n) is 1.68. The first-order valence-electron chi connectivity index (χ1n) is 4.12. The Morgan fingerprint density at radius 2 is 2.43 bits per heavy atom. The molecule has 0 aromatic carbocycles. The van der Waals surface area contributed by atoms with Gasteiger partial charge >= 0.3 is 0 Å². The fourth-order valence-electron chi connectivity index (χ4n) is 1.07. The predicted octanol–water partition coefficient (Wildman–Crippen LogP) is 1.81. The number of thiophene rings is 1. The number of hydrogen-bond donors (Lipinski definition) is 2. The zero-order chi connectivity index (χ0) is 9.80. The van der Waals surface area contributed by atoms with E-state index in [2.05, 4.69) is 20.5 Å². The lowest BCUT2D eigenvalue weighted by molar-refractivity contribution is 0.671. The average Bonchev–Trinajstić information content (AvgIpc) is 2.77. The molecule has 0 unspecified atom stereocenters. The molecule has 0 saturated heterocycles. The summed E-state index contributed by atoms with van der Waals surface area (Å²) < 4.78 is 0. The van der Waals surface area contributed by atoms with Gasteiger partial charge in [0.1, 0.15) is 12.2 Å². The molecule has 0 aliphatic rings. The van der Waals surface area contributed by atoms with E-state index < -0.39 is 0 Å². The van der Waals surface area contributed by atoms with Crippen LogP contribution in [0.5, 0.6) is 0 Å². The molecule has 4 nitrogen and oxygen atoms in total. The Hall–Kier alpha value is -0.910. The molecule has 0 aliphatic heterocycles. The van der Waals surface area contributed by atoms with Crippen LogP contribution < -0.4 is 5.32 Å². The lowest BCUT2D eigenvalue weighted by Gasteiger charge is -1.98. The Balaban J connectivity index is 1.78. The van der Waals surface area contributed by atoms with Crippen LogP contribution in [0.3, 0.4) is 0 Å². The highest BCUT2D eigenvalue weighted by Gasteiger charge is 1.98. The maximum atomic E-state index is 5.79. The van der Waals surface area contributed by atoms with Crippen LogP contribution in [0.2, 0.25) is 5.02 Å². The maximum absolute atomic E-state index is 5.79. The van der Waals surface area contributed by atoms with Gasteiger partial charge in [0.25, 0.3) is 0 Å². The van der Waals surface area contributed by atoms with Crippen LogP contribution in [0.4, 0.5) is 0 Å². The fourth-order valence-corrected chi connectivity index (χ4v) is 2.11. The van der Waals surface area contributed by atoms with Gasteiger partial charge in [0.15, 0.2) is 0 Å². The Kier molecular flexibility index (Phi) is 3.13. The molecule has 0 aliphatic carbocycles. The number of aromatic amines is 1. The smallest absolute Gasteiger partial charge is 0.138 e. The Bertz CT molecular complexity index is 384. The highest BCUT2D eigenvalue weighted by Crippen LogP contribution is 2.18. The minimum Gasteiger partial charge on any atom is -0.305 e. The van der Waals surface area contributed by atoms with E-state index in [9.17, 15) is 0 Å². The summed E-state index contributed by atoms with van der Waals surface area (Å²) in [5, 5.41) is 12.5. The Morgan fingerprint density at radius 1 is 1.50 bits per heavy atom. The van der Waals surface area contributed by atoms with E-state index in [1.807, 2.05) is 11.4 Å².